The van der Waals surface area contributed by atoms with E-state index in [1.54, 1.807) is 38.1 Å². The molecule has 0 saturated heterocycles. The molecule has 2 amide bonds. The van der Waals surface area contributed by atoms with Crippen molar-refractivity contribution in [3.05, 3.63) is 64.7 Å². The molecule has 6 nitrogen and oxygen atoms in total. The number of amides is 2. The average Bonchev–Trinajstić information content (AvgIpc) is 3.12. The van der Waals surface area contributed by atoms with Crippen molar-refractivity contribution in [2.75, 3.05) is 23.9 Å². The van der Waals surface area contributed by atoms with Crippen molar-refractivity contribution in [3.63, 3.8) is 0 Å². The molecule has 2 aromatic carbocycles. The number of carbonyl (C=O) groups is 2. The SMILES string of the molecule is CSCCCC1(C)CN(C(=O)Nc2ccc(C(=O)OC(C)C)cc2)N=C1c1ccc(Cl)cc1. The Balaban J connectivity index is 1.75. The molecule has 176 valence electrons. The smallest absolute Gasteiger partial charge is 0.342 e. The fourth-order valence-corrected chi connectivity index (χ4v) is 4.34. The molecule has 1 unspecified atom stereocenters. The standard InChI is InChI=1S/C25H30ClN3O3S/c1-17(2)32-23(30)19-8-12-21(13-9-19)27-24(31)29-16-25(3,14-5-15-33-4)22(28-29)18-6-10-20(26)11-7-18/h6-13,17H,5,14-16H2,1-4H3,(H,27,31). The first-order valence-corrected chi connectivity index (χ1v) is 12.7. The van der Waals surface area contributed by atoms with Gasteiger partial charge in [0.05, 0.1) is 23.9 Å². The van der Waals surface area contributed by atoms with E-state index in [-0.39, 0.29) is 23.5 Å². The lowest BCUT2D eigenvalue weighted by Crippen LogP contribution is -2.35. The summed E-state index contributed by atoms with van der Waals surface area (Å²) in [6, 6.07) is 13.9. The third-order valence-electron chi connectivity index (χ3n) is 5.43. The van der Waals surface area contributed by atoms with Crippen LogP contribution in [0.15, 0.2) is 53.6 Å². The number of thioether (sulfide) groups is 1. The van der Waals surface area contributed by atoms with Gasteiger partial charge in [-0.05, 0) is 80.7 Å². The average molecular weight is 488 g/mol. The summed E-state index contributed by atoms with van der Waals surface area (Å²) < 4.78 is 5.20. The number of ether oxygens (including phenoxy) is 1. The molecule has 3 rings (SSSR count). The summed E-state index contributed by atoms with van der Waals surface area (Å²) in [6.07, 6.45) is 3.86. The number of hydrazone groups is 1. The Morgan fingerprint density at radius 2 is 1.85 bits per heavy atom. The second-order valence-corrected chi connectivity index (χ2v) is 10.1. The molecule has 1 aliphatic heterocycles. The minimum absolute atomic E-state index is 0.190. The van der Waals surface area contributed by atoms with Gasteiger partial charge in [0.2, 0.25) is 0 Å². The molecule has 0 radical (unpaired) electrons. The first-order chi connectivity index (χ1) is 15.7. The molecule has 2 aromatic rings. The predicted octanol–water partition coefficient (Wildman–Crippen LogP) is 6.31. The number of esters is 1. The van der Waals surface area contributed by atoms with Crippen LogP contribution < -0.4 is 5.32 Å². The fraction of sp³-hybridized carbons (Fsp3) is 0.400. The van der Waals surface area contributed by atoms with Gasteiger partial charge in [-0.25, -0.2) is 14.6 Å². The highest BCUT2D eigenvalue weighted by Crippen LogP contribution is 2.36. The Labute approximate surface area is 204 Å². The molecular weight excluding hydrogens is 458 g/mol. The number of hydrogen-bond donors (Lipinski definition) is 1. The van der Waals surface area contributed by atoms with Crippen LogP contribution in [0, 0.1) is 5.41 Å². The van der Waals surface area contributed by atoms with E-state index in [4.69, 9.17) is 21.4 Å². The summed E-state index contributed by atoms with van der Waals surface area (Å²) in [5.74, 6) is 0.669. The van der Waals surface area contributed by atoms with Crippen LogP contribution in [0.4, 0.5) is 10.5 Å². The van der Waals surface area contributed by atoms with Crippen molar-refractivity contribution in [1.82, 2.24) is 5.01 Å². The summed E-state index contributed by atoms with van der Waals surface area (Å²) in [5, 5.41) is 9.74. The highest BCUT2D eigenvalue weighted by molar-refractivity contribution is 7.98. The number of urea groups is 1. The maximum Gasteiger partial charge on any atom is 0.342 e. The maximum atomic E-state index is 13.0. The van der Waals surface area contributed by atoms with Crippen molar-refractivity contribution >= 4 is 46.8 Å². The summed E-state index contributed by atoms with van der Waals surface area (Å²) in [5.41, 5.74) is 2.62. The molecule has 0 aromatic heterocycles. The van der Waals surface area contributed by atoms with Crippen LogP contribution in [-0.2, 0) is 4.74 Å². The van der Waals surface area contributed by atoms with Crippen LogP contribution in [0.3, 0.4) is 0 Å². The molecular formula is C25H30ClN3O3S. The van der Waals surface area contributed by atoms with Crippen molar-refractivity contribution in [1.29, 1.82) is 0 Å². The summed E-state index contributed by atoms with van der Waals surface area (Å²) in [7, 11) is 0. The first kappa shape index (κ1) is 25.1. The van der Waals surface area contributed by atoms with Crippen molar-refractivity contribution in [3.8, 4) is 0 Å². The summed E-state index contributed by atoms with van der Waals surface area (Å²) in [4.78, 5) is 25.0. The molecule has 0 bridgehead atoms. The lowest BCUT2D eigenvalue weighted by Gasteiger charge is -2.26. The molecule has 0 spiro atoms. The highest BCUT2D eigenvalue weighted by Gasteiger charge is 2.40. The van der Waals surface area contributed by atoms with E-state index in [0.29, 0.717) is 22.8 Å². The van der Waals surface area contributed by atoms with Gasteiger partial charge in [-0.3, -0.25) is 0 Å². The van der Waals surface area contributed by atoms with E-state index >= 15 is 0 Å². The molecule has 8 heteroatoms. The molecule has 1 aliphatic rings. The number of rotatable bonds is 8. The van der Waals surface area contributed by atoms with Gasteiger partial charge in [0, 0.05) is 16.1 Å². The van der Waals surface area contributed by atoms with E-state index in [2.05, 4.69) is 18.5 Å². The van der Waals surface area contributed by atoms with Crippen molar-refractivity contribution in [2.45, 2.75) is 39.7 Å². The summed E-state index contributed by atoms with van der Waals surface area (Å²) >= 11 is 7.89. The summed E-state index contributed by atoms with van der Waals surface area (Å²) in [6.45, 7) is 6.25. The molecule has 1 N–H and O–H groups in total. The van der Waals surface area contributed by atoms with Crippen LogP contribution in [-0.4, -0.2) is 47.4 Å². The quantitative estimate of drug-likeness (QED) is 0.350. The normalized spacial score (nSPS) is 17.8. The second kappa shape index (κ2) is 11.1. The molecule has 0 fully saturated rings. The van der Waals surface area contributed by atoms with Crippen molar-refractivity contribution in [2.24, 2.45) is 10.5 Å². The van der Waals surface area contributed by atoms with Gasteiger partial charge >= 0.3 is 12.0 Å². The zero-order chi connectivity index (χ0) is 24.0. The number of anilines is 1. The van der Waals surface area contributed by atoms with Gasteiger partial charge in [0.1, 0.15) is 0 Å². The third kappa shape index (κ3) is 6.51. The lowest BCUT2D eigenvalue weighted by atomic mass is 9.78. The third-order valence-corrected chi connectivity index (χ3v) is 6.38. The number of nitrogens with zero attached hydrogens (tertiary/aromatic N) is 2. The Kier molecular flexibility index (Phi) is 8.43. The van der Waals surface area contributed by atoms with Gasteiger partial charge in [0.15, 0.2) is 0 Å². The largest absolute Gasteiger partial charge is 0.459 e. The number of hydrogen-bond acceptors (Lipinski definition) is 5. The van der Waals surface area contributed by atoms with Gasteiger partial charge < -0.3 is 10.1 Å². The molecule has 0 aliphatic carbocycles. The Morgan fingerprint density at radius 1 is 1.18 bits per heavy atom. The van der Waals surface area contributed by atoms with E-state index < -0.39 is 0 Å². The molecule has 33 heavy (non-hydrogen) atoms. The van der Waals surface area contributed by atoms with Crippen molar-refractivity contribution < 1.29 is 14.3 Å². The van der Waals surface area contributed by atoms with Crippen LogP contribution in [0.25, 0.3) is 0 Å². The number of halogens is 1. The Morgan fingerprint density at radius 3 is 2.45 bits per heavy atom. The zero-order valence-corrected chi connectivity index (χ0v) is 21.0. The van der Waals surface area contributed by atoms with E-state index in [0.717, 1.165) is 29.9 Å². The fourth-order valence-electron chi connectivity index (χ4n) is 3.78. The topological polar surface area (TPSA) is 71.0 Å². The first-order valence-electron chi connectivity index (χ1n) is 11.0. The predicted molar refractivity (Wildman–Crippen MR) is 136 cm³/mol. The molecule has 0 saturated carbocycles. The van der Waals surface area contributed by atoms with Crippen LogP contribution in [0.1, 0.15) is 49.5 Å². The van der Waals surface area contributed by atoms with Crippen LogP contribution >= 0.6 is 23.4 Å². The Bertz CT molecular complexity index is 1010. The maximum absolute atomic E-state index is 13.0. The molecule has 1 atom stereocenters. The van der Waals surface area contributed by atoms with Gasteiger partial charge in [-0.2, -0.15) is 16.9 Å². The minimum Gasteiger partial charge on any atom is -0.459 e. The van der Waals surface area contributed by atoms with Gasteiger partial charge in [-0.1, -0.05) is 30.7 Å². The monoisotopic (exact) mass is 487 g/mol. The minimum atomic E-state index is -0.388. The number of carbonyl (C=O) groups excluding carboxylic acids is 2. The zero-order valence-electron chi connectivity index (χ0n) is 19.4. The number of nitrogens with one attached hydrogen (secondary N) is 1. The van der Waals surface area contributed by atoms with Crippen LogP contribution in [0.5, 0.6) is 0 Å². The Hall–Kier alpha value is -2.51. The van der Waals surface area contributed by atoms with Gasteiger partial charge in [-0.15, -0.1) is 0 Å². The lowest BCUT2D eigenvalue weighted by molar-refractivity contribution is 0.0378. The van der Waals surface area contributed by atoms with Gasteiger partial charge in [0.25, 0.3) is 0 Å². The number of benzene rings is 2. The molecule has 1 heterocycles. The van der Waals surface area contributed by atoms with E-state index in [1.165, 1.54) is 5.01 Å². The second-order valence-electron chi connectivity index (χ2n) is 8.63. The van der Waals surface area contributed by atoms with E-state index in [1.807, 2.05) is 36.0 Å². The highest BCUT2D eigenvalue weighted by atomic mass is 35.5. The van der Waals surface area contributed by atoms with Crippen LogP contribution in [0.2, 0.25) is 5.02 Å². The van der Waals surface area contributed by atoms with E-state index in [9.17, 15) is 9.59 Å².